The van der Waals surface area contributed by atoms with Crippen LogP contribution in [0.15, 0.2) is 0 Å². The monoisotopic (exact) mass is 553 g/mol. The van der Waals surface area contributed by atoms with Gasteiger partial charge in [-0.2, -0.15) is 0 Å². The van der Waals surface area contributed by atoms with Gasteiger partial charge in [-0.1, -0.05) is 41.5 Å². The minimum absolute atomic E-state index is 0.0560. The summed E-state index contributed by atoms with van der Waals surface area (Å²) in [6.07, 6.45) is 1.48. The molecule has 11 heteroatoms. The fourth-order valence-electron chi connectivity index (χ4n) is 4.62. The number of primary amides is 1. The summed E-state index contributed by atoms with van der Waals surface area (Å²) in [4.78, 5) is 66.0. The van der Waals surface area contributed by atoms with Crippen molar-refractivity contribution >= 4 is 29.7 Å². The molecule has 39 heavy (non-hydrogen) atoms. The number of hydrogen-bond donors (Lipinski definition) is 4. The van der Waals surface area contributed by atoms with Crippen LogP contribution in [-0.2, 0) is 23.9 Å². The van der Waals surface area contributed by atoms with Crippen LogP contribution in [0, 0.1) is 17.8 Å². The van der Waals surface area contributed by atoms with Crippen LogP contribution in [-0.4, -0.2) is 70.9 Å². The molecule has 0 unspecified atom stereocenters. The summed E-state index contributed by atoms with van der Waals surface area (Å²) in [5.74, 6) is -1.69. The first-order chi connectivity index (χ1) is 17.9. The van der Waals surface area contributed by atoms with E-state index in [1.807, 2.05) is 41.5 Å². The maximum absolute atomic E-state index is 13.5. The smallest absolute Gasteiger partial charge is 0.408 e. The standard InChI is InChI=1S/C28H51N5O6/c1-16(2)13-19(30-25(36)20(14-17(3)4)32-27(38)39-28(7,8)9)24(35)31-21(15-18(5)6)26(37)33-12-10-11-22(33)23(29)34/h16-22H,10-15H2,1-9H3,(H2,29,34)(H,30,36)(H,31,35)(H,32,38)/t19-,20-,21-,22-/m1/s1. The molecule has 5 N–H and O–H groups in total. The first-order valence-corrected chi connectivity index (χ1v) is 14.1. The maximum Gasteiger partial charge on any atom is 0.408 e. The van der Waals surface area contributed by atoms with Crippen LogP contribution in [0.4, 0.5) is 4.79 Å². The van der Waals surface area contributed by atoms with Gasteiger partial charge >= 0.3 is 6.09 Å². The second-order valence-electron chi connectivity index (χ2n) is 12.8. The molecule has 0 saturated carbocycles. The number of alkyl carbamates (subject to hydrolysis) is 1. The fraction of sp³-hybridized carbons (Fsp3) is 0.821. The minimum Gasteiger partial charge on any atom is -0.444 e. The first kappa shape index (κ1) is 34.2. The Morgan fingerprint density at radius 1 is 0.795 bits per heavy atom. The van der Waals surface area contributed by atoms with Gasteiger partial charge in [0.25, 0.3) is 0 Å². The maximum atomic E-state index is 13.5. The van der Waals surface area contributed by atoms with Crippen molar-refractivity contribution in [3.8, 4) is 0 Å². The van der Waals surface area contributed by atoms with E-state index in [9.17, 15) is 24.0 Å². The topological polar surface area (TPSA) is 160 Å². The van der Waals surface area contributed by atoms with Crippen LogP contribution in [0.5, 0.6) is 0 Å². The molecule has 0 spiro atoms. The molecule has 1 fully saturated rings. The number of amides is 5. The summed E-state index contributed by atoms with van der Waals surface area (Å²) in [6.45, 7) is 17.2. The zero-order valence-corrected chi connectivity index (χ0v) is 25.3. The van der Waals surface area contributed by atoms with E-state index < -0.39 is 53.6 Å². The normalized spacial score (nSPS) is 18.1. The third-order valence-electron chi connectivity index (χ3n) is 6.24. The number of carbonyl (C=O) groups is 5. The highest BCUT2D eigenvalue weighted by Gasteiger charge is 2.38. The van der Waals surface area contributed by atoms with Crippen LogP contribution in [0.3, 0.4) is 0 Å². The van der Waals surface area contributed by atoms with Gasteiger partial charge < -0.3 is 31.3 Å². The summed E-state index contributed by atoms with van der Waals surface area (Å²) >= 11 is 0. The molecular weight excluding hydrogens is 502 g/mol. The van der Waals surface area contributed by atoms with E-state index in [4.69, 9.17) is 10.5 Å². The van der Waals surface area contributed by atoms with Crippen molar-refractivity contribution in [1.82, 2.24) is 20.9 Å². The van der Waals surface area contributed by atoms with Gasteiger partial charge in [0.15, 0.2) is 0 Å². The van der Waals surface area contributed by atoms with E-state index in [0.717, 1.165) is 0 Å². The number of hydrogen-bond acceptors (Lipinski definition) is 6. The molecule has 0 aliphatic carbocycles. The highest BCUT2D eigenvalue weighted by atomic mass is 16.6. The van der Waals surface area contributed by atoms with Gasteiger partial charge in [-0.3, -0.25) is 19.2 Å². The van der Waals surface area contributed by atoms with Gasteiger partial charge in [-0.05, 0) is 70.6 Å². The SMILES string of the molecule is CC(C)C[C@@H](NC(=O)OC(C)(C)C)C(=O)N[C@H](CC(C)C)C(=O)N[C@H](CC(C)C)C(=O)N1CCC[C@@H]1C(N)=O. The van der Waals surface area contributed by atoms with Crippen LogP contribution in [0.2, 0.25) is 0 Å². The van der Waals surface area contributed by atoms with Gasteiger partial charge in [0.05, 0.1) is 0 Å². The van der Waals surface area contributed by atoms with Gasteiger partial charge in [0.1, 0.15) is 29.8 Å². The van der Waals surface area contributed by atoms with Crippen LogP contribution in [0.25, 0.3) is 0 Å². The highest BCUT2D eigenvalue weighted by molar-refractivity contribution is 5.95. The lowest BCUT2D eigenvalue weighted by Gasteiger charge is -2.31. The number of carbonyl (C=O) groups excluding carboxylic acids is 5. The Balaban J connectivity index is 3.11. The molecule has 5 amide bonds. The number of likely N-dealkylation sites (tertiary alicyclic amines) is 1. The van der Waals surface area contributed by atoms with Crippen LogP contribution < -0.4 is 21.7 Å². The van der Waals surface area contributed by atoms with E-state index in [1.165, 1.54) is 4.90 Å². The molecule has 0 aromatic carbocycles. The van der Waals surface area contributed by atoms with Crippen LogP contribution >= 0.6 is 0 Å². The molecule has 1 saturated heterocycles. The van der Waals surface area contributed by atoms with Crippen molar-refractivity contribution in [2.24, 2.45) is 23.5 Å². The fourth-order valence-corrected chi connectivity index (χ4v) is 4.62. The Morgan fingerprint density at radius 3 is 1.67 bits per heavy atom. The Morgan fingerprint density at radius 2 is 1.23 bits per heavy atom. The largest absolute Gasteiger partial charge is 0.444 e. The average molecular weight is 554 g/mol. The first-order valence-electron chi connectivity index (χ1n) is 14.1. The predicted molar refractivity (Wildman–Crippen MR) is 149 cm³/mol. The number of nitrogens with zero attached hydrogens (tertiary/aromatic N) is 1. The van der Waals surface area contributed by atoms with Crippen molar-refractivity contribution in [2.45, 2.75) is 124 Å². The second-order valence-corrected chi connectivity index (χ2v) is 12.8. The number of nitrogens with one attached hydrogen (secondary N) is 3. The Kier molecular flexibility index (Phi) is 13.2. The van der Waals surface area contributed by atoms with E-state index in [2.05, 4.69) is 16.0 Å². The average Bonchev–Trinajstić information content (AvgIpc) is 3.25. The number of ether oxygens (including phenoxy) is 1. The summed E-state index contributed by atoms with van der Waals surface area (Å²) in [5, 5.41) is 8.26. The van der Waals surface area contributed by atoms with E-state index in [0.29, 0.717) is 38.6 Å². The third kappa shape index (κ3) is 12.3. The molecule has 224 valence electrons. The summed E-state index contributed by atoms with van der Waals surface area (Å²) in [6, 6.07) is -3.39. The molecule has 1 aliphatic heterocycles. The Labute approximate surface area is 233 Å². The van der Waals surface area contributed by atoms with Crippen molar-refractivity contribution in [2.75, 3.05) is 6.54 Å². The molecule has 4 atom stereocenters. The summed E-state index contributed by atoms with van der Waals surface area (Å²) in [5.41, 5.74) is 4.78. The minimum atomic E-state index is -0.930. The van der Waals surface area contributed by atoms with Crippen molar-refractivity contribution in [1.29, 1.82) is 0 Å². The molecule has 0 aromatic rings. The molecule has 0 radical (unpaired) electrons. The zero-order valence-electron chi connectivity index (χ0n) is 25.3. The molecule has 0 bridgehead atoms. The van der Waals surface area contributed by atoms with Crippen molar-refractivity contribution in [3.05, 3.63) is 0 Å². The number of rotatable bonds is 13. The van der Waals surface area contributed by atoms with Gasteiger partial charge in [-0.25, -0.2) is 4.79 Å². The lowest BCUT2D eigenvalue weighted by Crippen LogP contribution is -2.58. The van der Waals surface area contributed by atoms with Gasteiger partial charge in [0, 0.05) is 6.54 Å². The molecular formula is C28H51N5O6. The van der Waals surface area contributed by atoms with Crippen LogP contribution in [0.1, 0.15) is 94.4 Å². The molecule has 0 aromatic heterocycles. The third-order valence-corrected chi connectivity index (χ3v) is 6.24. The molecule has 1 aliphatic rings. The highest BCUT2D eigenvalue weighted by Crippen LogP contribution is 2.20. The Hall–Kier alpha value is -2.85. The second kappa shape index (κ2) is 15.1. The Bertz CT molecular complexity index is 867. The summed E-state index contributed by atoms with van der Waals surface area (Å²) < 4.78 is 5.32. The van der Waals surface area contributed by atoms with Crippen molar-refractivity contribution < 1.29 is 28.7 Å². The summed E-state index contributed by atoms with van der Waals surface area (Å²) in [7, 11) is 0. The zero-order chi connectivity index (χ0) is 30.1. The predicted octanol–water partition coefficient (Wildman–Crippen LogP) is 2.46. The quantitative estimate of drug-likeness (QED) is 0.274. The van der Waals surface area contributed by atoms with E-state index in [1.54, 1.807) is 20.8 Å². The molecule has 1 heterocycles. The molecule has 11 nitrogen and oxygen atoms in total. The lowest BCUT2D eigenvalue weighted by molar-refractivity contribution is -0.141. The van der Waals surface area contributed by atoms with Gasteiger partial charge in [0.2, 0.25) is 23.6 Å². The molecule has 1 rings (SSSR count). The lowest BCUT2D eigenvalue weighted by atomic mass is 9.98. The van der Waals surface area contributed by atoms with E-state index >= 15 is 0 Å². The van der Waals surface area contributed by atoms with Crippen molar-refractivity contribution in [3.63, 3.8) is 0 Å². The number of nitrogens with two attached hydrogens (primary N) is 1. The van der Waals surface area contributed by atoms with Gasteiger partial charge in [-0.15, -0.1) is 0 Å². The van der Waals surface area contributed by atoms with E-state index in [-0.39, 0.29) is 23.7 Å².